The minimum Gasteiger partial charge on any atom is -0.377 e. The quantitative estimate of drug-likeness (QED) is 0.760. The average Bonchev–Trinajstić information content (AvgIpc) is 3.05. The third kappa shape index (κ3) is 2.37. The van der Waals surface area contributed by atoms with Crippen LogP contribution in [0, 0.1) is 0 Å². The van der Waals surface area contributed by atoms with E-state index in [-0.39, 0.29) is 5.91 Å². The molecule has 1 amide bonds. The Bertz CT molecular complexity index is 503. The first-order valence-corrected chi connectivity index (χ1v) is 7.08. The molecule has 0 spiro atoms. The van der Waals surface area contributed by atoms with E-state index in [1.165, 1.54) is 18.4 Å². The van der Waals surface area contributed by atoms with Gasteiger partial charge in [0.15, 0.2) is 0 Å². The summed E-state index contributed by atoms with van der Waals surface area (Å²) in [6.07, 6.45) is 6.16. The number of amides is 1. The van der Waals surface area contributed by atoms with E-state index >= 15 is 0 Å². The predicted octanol–water partition coefficient (Wildman–Crippen LogP) is 2.75. The van der Waals surface area contributed by atoms with Crippen LogP contribution in [0.3, 0.4) is 0 Å². The maximum absolute atomic E-state index is 12.3. The molecule has 0 radical (unpaired) electrons. The zero-order valence-electron chi connectivity index (χ0n) is 11.4. The number of rotatable bonds is 2. The van der Waals surface area contributed by atoms with E-state index in [0.717, 1.165) is 25.3 Å². The number of anilines is 1. The summed E-state index contributed by atoms with van der Waals surface area (Å²) < 4.78 is 0. The molecule has 0 saturated carbocycles. The fraction of sp³-hybridized carbons (Fsp3) is 0.438. The van der Waals surface area contributed by atoms with Crippen molar-refractivity contribution in [3.05, 3.63) is 42.1 Å². The van der Waals surface area contributed by atoms with Crippen LogP contribution in [0.4, 0.5) is 5.69 Å². The van der Waals surface area contributed by atoms with Gasteiger partial charge >= 0.3 is 0 Å². The maximum atomic E-state index is 12.3. The summed E-state index contributed by atoms with van der Waals surface area (Å²) in [4.78, 5) is 16.4. The first-order chi connectivity index (χ1) is 9.25. The topological polar surface area (TPSA) is 23.6 Å². The Morgan fingerprint density at radius 3 is 2.79 bits per heavy atom. The highest BCUT2D eigenvalue weighted by molar-refractivity contribution is 6.03. The summed E-state index contributed by atoms with van der Waals surface area (Å²) in [7, 11) is 0. The molecule has 2 aliphatic heterocycles. The number of carbonyl (C=O) groups excluding carboxylic acids is 1. The van der Waals surface area contributed by atoms with Gasteiger partial charge in [0.05, 0.1) is 0 Å². The number of hydrogen-bond donors (Lipinski definition) is 0. The Hall–Kier alpha value is -1.77. The Balaban J connectivity index is 1.74. The van der Waals surface area contributed by atoms with E-state index < -0.39 is 0 Å². The lowest BCUT2D eigenvalue weighted by atomic mass is 10.0. The van der Waals surface area contributed by atoms with Crippen molar-refractivity contribution in [1.82, 2.24) is 4.90 Å². The second-order valence-electron chi connectivity index (χ2n) is 5.47. The van der Waals surface area contributed by atoms with Crippen molar-refractivity contribution in [3.63, 3.8) is 0 Å². The molecule has 100 valence electrons. The zero-order chi connectivity index (χ0) is 13.2. The van der Waals surface area contributed by atoms with Crippen molar-refractivity contribution in [1.29, 1.82) is 0 Å². The fourth-order valence-corrected chi connectivity index (χ4v) is 2.98. The van der Waals surface area contributed by atoms with Gasteiger partial charge < -0.3 is 9.80 Å². The van der Waals surface area contributed by atoms with Crippen LogP contribution in [0.5, 0.6) is 0 Å². The molecule has 1 fully saturated rings. The highest BCUT2D eigenvalue weighted by atomic mass is 16.2. The summed E-state index contributed by atoms with van der Waals surface area (Å²) in [5.41, 5.74) is 2.36. The molecule has 0 N–H and O–H groups in total. The molecule has 3 heteroatoms. The lowest BCUT2D eigenvalue weighted by Crippen LogP contribution is -2.28. The van der Waals surface area contributed by atoms with Gasteiger partial charge in [-0.25, -0.2) is 0 Å². The van der Waals surface area contributed by atoms with E-state index in [2.05, 4.69) is 17.9 Å². The standard InChI is InChI=1S/C16H20N2O/c1-13-12-18(15-7-3-2-6-14(13)15)16(19)8-11-17-9-4-5-10-17/h2-3,6-8,11,13H,4-5,9-10,12H2,1H3. The summed E-state index contributed by atoms with van der Waals surface area (Å²) in [6, 6.07) is 8.21. The number of carbonyl (C=O) groups is 1. The molecule has 2 heterocycles. The molecule has 1 atom stereocenters. The predicted molar refractivity (Wildman–Crippen MR) is 77.2 cm³/mol. The summed E-state index contributed by atoms with van der Waals surface area (Å²) in [6.45, 7) is 5.13. The van der Waals surface area contributed by atoms with Crippen LogP contribution in [-0.2, 0) is 4.79 Å². The minimum absolute atomic E-state index is 0.101. The molecule has 0 aromatic heterocycles. The average molecular weight is 256 g/mol. The largest absolute Gasteiger partial charge is 0.377 e. The van der Waals surface area contributed by atoms with Gasteiger partial charge in [-0.3, -0.25) is 4.79 Å². The van der Waals surface area contributed by atoms with Gasteiger partial charge in [0.1, 0.15) is 0 Å². The van der Waals surface area contributed by atoms with Gasteiger partial charge in [0.2, 0.25) is 0 Å². The number of likely N-dealkylation sites (tertiary alicyclic amines) is 1. The molecule has 3 rings (SSSR count). The van der Waals surface area contributed by atoms with Crippen LogP contribution >= 0.6 is 0 Å². The molecule has 1 aromatic rings. The van der Waals surface area contributed by atoms with E-state index in [1.807, 2.05) is 29.3 Å². The zero-order valence-corrected chi connectivity index (χ0v) is 11.4. The second kappa shape index (κ2) is 5.08. The Morgan fingerprint density at radius 2 is 2.00 bits per heavy atom. The van der Waals surface area contributed by atoms with Gasteiger partial charge in [0.25, 0.3) is 5.91 Å². The highest BCUT2D eigenvalue weighted by Gasteiger charge is 2.28. The van der Waals surface area contributed by atoms with Gasteiger partial charge in [-0.2, -0.15) is 0 Å². The second-order valence-corrected chi connectivity index (χ2v) is 5.47. The number of nitrogens with zero attached hydrogens (tertiary/aromatic N) is 2. The Labute approximate surface area is 114 Å². The number of para-hydroxylation sites is 1. The molecular weight excluding hydrogens is 236 g/mol. The Kier molecular flexibility index (Phi) is 3.28. The first-order valence-electron chi connectivity index (χ1n) is 7.08. The van der Waals surface area contributed by atoms with Crippen LogP contribution < -0.4 is 4.90 Å². The van der Waals surface area contributed by atoms with Crippen LogP contribution in [0.1, 0.15) is 31.2 Å². The van der Waals surface area contributed by atoms with E-state index in [9.17, 15) is 4.79 Å². The van der Waals surface area contributed by atoms with Crippen molar-refractivity contribution in [3.8, 4) is 0 Å². The van der Waals surface area contributed by atoms with E-state index in [4.69, 9.17) is 0 Å². The molecule has 1 aromatic carbocycles. The van der Waals surface area contributed by atoms with Gasteiger partial charge in [-0.15, -0.1) is 0 Å². The maximum Gasteiger partial charge on any atom is 0.252 e. The smallest absolute Gasteiger partial charge is 0.252 e. The monoisotopic (exact) mass is 256 g/mol. The van der Waals surface area contributed by atoms with Crippen molar-refractivity contribution < 1.29 is 4.79 Å². The molecule has 19 heavy (non-hydrogen) atoms. The van der Waals surface area contributed by atoms with Crippen LogP contribution in [-0.4, -0.2) is 30.4 Å². The molecule has 0 bridgehead atoms. The van der Waals surface area contributed by atoms with Crippen molar-refractivity contribution >= 4 is 11.6 Å². The molecule has 3 nitrogen and oxygen atoms in total. The van der Waals surface area contributed by atoms with Crippen LogP contribution in [0.15, 0.2) is 36.5 Å². The fourth-order valence-electron chi connectivity index (χ4n) is 2.98. The highest BCUT2D eigenvalue weighted by Crippen LogP contribution is 2.35. The number of fused-ring (bicyclic) bond motifs is 1. The number of benzene rings is 1. The van der Waals surface area contributed by atoms with Crippen molar-refractivity contribution in [2.24, 2.45) is 0 Å². The molecular formula is C16H20N2O. The van der Waals surface area contributed by atoms with Crippen LogP contribution in [0.25, 0.3) is 0 Å². The molecule has 0 aliphatic carbocycles. The summed E-state index contributed by atoms with van der Waals surface area (Å²) in [5.74, 6) is 0.532. The summed E-state index contributed by atoms with van der Waals surface area (Å²) in [5, 5.41) is 0. The third-order valence-electron chi connectivity index (χ3n) is 4.05. The third-order valence-corrected chi connectivity index (χ3v) is 4.05. The Morgan fingerprint density at radius 1 is 1.26 bits per heavy atom. The lowest BCUT2D eigenvalue weighted by molar-refractivity contribution is -0.114. The molecule has 1 unspecified atom stereocenters. The van der Waals surface area contributed by atoms with Crippen molar-refractivity contribution in [2.75, 3.05) is 24.5 Å². The summed E-state index contributed by atoms with van der Waals surface area (Å²) >= 11 is 0. The molecule has 1 saturated heterocycles. The van der Waals surface area contributed by atoms with Crippen LogP contribution in [0.2, 0.25) is 0 Å². The van der Waals surface area contributed by atoms with E-state index in [0.29, 0.717) is 5.92 Å². The SMILES string of the molecule is CC1CN(C(=O)C=CN2CCCC2)c2ccccc21. The van der Waals surface area contributed by atoms with Gasteiger partial charge in [-0.1, -0.05) is 25.1 Å². The molecule has 2 aliphatic rings. The van der Waals surface area contributed by atoms with Gasteiger partial charge in [-0.05, 0) is 24.5 Å². The lowest BCUT2D eigenvalue weighted by Gasteiger charge is -2.16. The van der Waals surface area contributed by atoms with Gasteiger partial charge in [0, 0.05) is 43.5 Å². The number of hydrogen-bond acceptors (Lipinski definition) is 2. The minimum atomic E-state index is 0.101. The normalized spacial score (nSPS) is 22.3. The van der Waals surface area contributed by atoms with E-state index in [1.54, 1.807) is 6.08 Å². The van der Waals surface area contributed by atoms with Crippen molar-refractivity contribution in [2.45, 2.75) is 25.7 Å². The first kappa shape index (κ1) is 12.3.